The van der Waals surface area contributed by atoms with E-state index in [1.807, 2.05) is 0 Å². The monoisotopic (exact) mass is 241 g/mol. The Balaban J connectivity index is 2.41. The van der Waals surface area contributed by atoms with E-state index in [1.165, 1.54) is 10.5 Å². The van der Waals surface area contributed by atoms with Gasteiger partial charge in [-0.2, -0.15) is 4.31 Å². The summed E-state index contributed by atoms with van der Waals surface area (Å²) in [6.45, 7) is 0. The fraction of sp³-hybridized carbons (Fsp3) is 0.500. The van der Waals surface area contributed by atoms with Gasteiger partial charge in [-0.1, -0.05) is 0 Å². The highest BCUT2D eigenvalue weighted by atomic mass is 32.2. The minimum Gasteiger partial charge on any atom is -0.386 e. The van der Waals surface area contributed by atoms with Gasteiger partial charge in [-0.05, 0) is 25.0 Å². The van der Waals surface area contributed by atoms with Crippen LogP contribution in [0.15, 0.2) is 23.4 Å². The molecular weight excluding hydrogens is 226 g/mol. The van der Waals surface area contributed by atoms with Crippen molar-refractivity contribution in [1.82, 2.24) is 9.29 Å². The van der Waals surface area contributed by atoms with Crippen LogP contribution in [0.3, 0.4) is 0 Å². The molecule has 6 heteroatoms. The topological polar surface area (TPSA) is 62.3 Å². The zero-order valence-corrected chi connectivity index (χ0v) is 10.2. The van der Waals surface area contributed by atoms with E-state index in [4.69, 9.17) is 0 Å². The third-order valence-corrected chi connectivity index (χ3v) is 4.60. The van der Waals surface area contributed by atoms with Gasteiger partial charge in [-0.25, -0.2) is 13.4 Å². The molecule has 1 aromatic heterocycles. The molecule has 1 fully saturated rings. The number of hydrogen-bond acceptors (Lipinski definition) is 4. The minimum atomic E-state index is -3.46. The first kappa shape index (κ1) is 11.3. The highest BCUT2D eigenvalue weighted by Gasteiger charge is 2.36. The molecule has 1 aliphatic carbocycles. The minimum absolute atomic E-state index is 0.104. The van der Waals surface area contributed by atoms with E-state index in [1.54, 1.807) is 26.2 Å². The Hall–Kier alpha value is -1.14. The molecule has 1 aliphatic rings. The Morgan fingerprint density at radius 1 is 1.50 bits per heavy atom. The predicted octanol–water partition coefficient (Wildman–Crippen LogP) is 0.906. The molecule has 0 unspecified atom stereocenters. The quantitative estimate of drug-likeness (QED) is 0.851. The Morgan fingerprint density at radius 3 is 2.75 bits per heavy atom. The van der Waals surface area contributed by atoms with Crippen LogP contribution in [0.2, 0.25) is 0 Å². The van der Waals surface area contributed by atoms with E-state index in [0.717, 1.165) is 12.8 Å². The molecule has 0 saturated heterocycles. The molecule has 0 amide bonds. The van der Waals surface area contributed by atoms with Crippen molar-refractivity contribution in [3.05, 3.63) is 18.3 Å². The summed E-state index contributed by atoms with van der Waals surface area (Å²) in [7, 11) is -0.159. The number of aromatic nitrogens is 1. The third kappa shape index (κ3) is 1.90. The summed E-state index contributed by atoms with van der Waals surface area (Å²) in [6, 6.07) is 3.57. The average molecular weight is 241 g/mol. The zero-order chi connectivity index (χ0) is 11.8. The van der Waals surface area contributed by atoms with Crippen molar-refractivity contribution in [2.24, 2.45) is 0 Å². The molecule has 0 atom stereocenters. The molecule has 88 valence electrons. The second-order valence-electron chi connectivity index (χ2n) is 3.86. The maximum Gasteiger partial charge on any atom is 0.262 e. The van der Waals surface area contributed by atoms with E-state index in [-0.39, 0.29) is 11.1 Å². The number of hydrogen-bond donors (Lipinski definition) is 1. The van der Waals surface area contributed by atoms with Gasteiger partial charge in [0.15, 0.2) is 5.03 Å². The van der Waals surface area contributed by atoms with E-state index in [0.29, 0.717) is 5.69 Å². The van der Waals surface area contributed by atoms with Crippen LogP contribution in [0.1, 0.15) is 12.8 Å². The van der Waals surface area contributed by atoms with Crippen molar-refractivity contribution in [2.45, 2.75) is 23.9 Å². The standard InChI is InChI=1S/C10H15N3O2S/c1-11-9-4-3-7-12-10(9)16(14,15)13(2)8-5-6-8/h3-4,7-8,11H,5-6H2,1-2H3. The summed E-state index contributed by atoms with van der Waals surface area (Å²) >= 11 is 0. The van der Waals surface area contributed by atoms with Gasteiger partial charge in [0.1, 0.15) is 0 Å². The number of rotatable bonds is 4. The molecule has 0 radical (unpaired) electrons. The molecular formula is C10H15N3O2S. The summed E-state index contributed by atoms with van der Waals surface area (Å²) in [6.07, 6.45) is 3.38. The van der Waals surface area contributed by atoms with Crippen LogP contribution in [0.4, 0.5) is 5.69 Å². The lowest BCUT2D eigenvalue weighted by atomic mass is 10.4. The number of nitrogens with one attached hydrogen (secondary N) is 1. The first-order valence-corrected chi connectivity index (χ1v) is 6.62. The van der Waals surface area contributed by atoms with Crippen molar-refractivity contribution in [3.63, 3.8) is 0 Å². The van der Waals surface area contributed by atoms with Gasteiger partial charge in [0, 0.05) is 26.3 Å². The molecule has 16 heavy (non-hydrogen) atoms. The van der Waals surface area contributed by atoms with E-state index < -0.39 is 10.0 Å². The SMILES string of the molecule is CNc1cccnc1S(=O)(=O)N(C)C1CC1. The molecule has 0 bridgehead atoms. The van der Waals surface area contributed by atoms with Crippen LogP contribution in [0, 0.1) is 0 Å². The van der Waals surface area contributed by atoms with E-state index in [2.05, 4.69) is 10.3 Å². The van der Waals surface area contributed by atoms with Crippen LogP contribution in [-0.4, -0.2) is 37.8 Å². The lowest BCUT2D eigenvalue weighted by molar-refractivity contribution is 0.462. The second-order valence-corrected chi connectivity index (χ2v) is 5.77. The van der Waals surface area contributed by atoms with Gasteiger partial charge in [0.2, 0.25) is 0 Å². The lowest BCUT2D eigenvalue weighted by Crippen LogP contribution is -2.30. The number of anilines is 1. The summed E-state index contributed by atoms with van der Waals surface area (Å²) < 4.78 is 25.8. The van der Waals surface area contributed by atoms with Gasteiger partial charge in [0.25, 0.3) is 10.0 Å². The van der Waals surface area contributed by atoms with E-state index >= 15 is 0 Å². The molecule has 0 aromatic carbocycles. The molecule has 2 rings (SSSR count). The van der Waals surface area contributed by atoms with Gasteiger partial charge >= 0.3 is 0 Å². The molecule has 1 saturated carbocycles. The van der Waals surface area contributed by atoms with Crippen LogP contribution < -0.4 is 5.32 Å². The zero-order valence-electron chi connectivity index (χ0n) is 9.34. The average Bonchev–Trinajstić information content (AvgIpc) is 3.11. The van der Waals surface area contributed by atoms with E-state index in [9.17, 15) is 8.42 Å². The maximum absolute atomic E-state index is 12.2. The number of sulfonamides is 1. The molecule has 0 aliphatic heterocycles. The van der Waals surface area contributed by atoms with Crippen molar-refractivity contribution < 1.29 is 8.42 Å². The smallest absolute Gasteiger partial charge is 0.262 e. The Bertz CT molecular complexity index is 483. The van der Waals surface area contributed by atoms with Gasteiger partial charge in [0.05, 0.1) is 5.69 Å². The van der Waals surface area contributed by atoms with Crippen LogP contribution >= 0.6 is 0 Å². The lowest BCUT2D eigenvalue weighted by Gasteiger charge is -2.17. The Morgan fingerprint density at radius 2 is 2.19 bits per heavy atom. The molecule has 1 aromatic rings. The number of nitrogens with zero attached hydrogens (tertiary/aromatic N) is 2. The molecule has 0 spiro atoms. The van der Waals surface area contributed by atoms with Crippen LogP contribution in [-0.2, 0) is 10.0 Å². The van der Waals surface area contributed by atoms with Crippen molar-refractivity contribution in [2.75, 3.05) is 19.4 Å². The second kappa shape index (κ2) is 4.03. The summed E-state index contributed by atoms with van der Waals surface area (Å²) in [5.74, 6) is 0. The maximum atomic E-state index is 12.2. The van der Waals surface area contributed by atoms with Gasteiger partial charge < -0.3 is 5.32 Å². The van der Waals surface area contributed by atoms with Crippen molar-refractivity contribution >= 4 is 15.7 Å². The van der Waals surface area contributed by atoms with Gasteiger partial charge in [-0.15, -0.1) is 0 Å². The Labute approximate surface area is 95.5 Å². The first-order chi connectivity index (χ1) is 7.57. The normalized spacial score (nSPS) is 16.4. The molecule has 1 N–H and O–H groups in total. The largest absolute Gasteiger partial charge is 0.386 e. The third-order valence-electron chi connectivity index (χ3n) is 2.73. The summed E-state index contributed by atoms with van der Waals surface area (Å²) in [5, 5.41) is 2.95. The first-order valence-electron chi connectivity index (χ1n) is 5.18. The van der Waals surface area contributed by atoms with Gasteiger partial charge in [-0.3, -0.25) is 0 Å². The highest BCUT2D eigenvalue weighted by molar-refractivity contribution is 7.89. The molecule has 5 nitrogen and oxygen atoms in total. The predicted molar refractivity (Wildman–Crippen MR) is 61.8 cm³/mol. The summed E-state index contributed by atoms with van der Waals surface area (Å²) in [4.78, 5) is 3.96. The van der Waals surface area contributed by atoms with Crippen LogP contribution in [0.25, 0.3) is 0 Å². The fourth-order valence-corrected chi connectivity index (χ4v) is 3.08. The molecule has 1 heterocycles. The van der Waals surface area contributed by atoms with Crippen molar-refractivity contribution in [1.29, 1.82) is 0 Å². The summed E-state index contributed by atoms with van der Waals surface area (Å²) in [5.41, 5.74) is 0.537. The highest BCUT2D eigenvalue weighted by Crippen LogP contribution is 2.31. The number of pyridine rings is 1. The fourth-order valence-electron chi connectivity index (χ4n) is 1.56. The Kier molecular flexibility index (Phi) is 2.86. The van der Waals surface area contributed by atoms with Crippen LogP contribution in [0.5, 0.6) is 0 Å². The van der Waals surface area contributed by atoms with Crippen molar-refractivity contribution in [3.8, 4) is 0 Å².